The Balaban J connectivity index is 1.57. The van der Waals surface area contributed by atoms with Gasteiger partial charge in [-0.1, -0.05) is 12.1 Å². The Labute approximate surface area is 201 Å². The predicted molar refractivity (Wildman–Crippen MR) is 130 cm³/mol. The molecular formula is C26H23N5O4. The van der Waals surface area contributed by atoms with Crippen LogP contribution in [0.25, 0.3) is 16.7 Å². The molecule has 2 aromatic heterocycles. The third-order valence-corrected chi connectivity index (χ3v) is 5.57. The summed E-state index contributed by atoms with van der Waals surface area (Å²) in [6, 6.07) is 16.2. The number of ketones is 1. The molecule has 4 rings (SSSR count). The zero-order chi connectivity index (χ0) is 24.9. The maximum Gasteiger partial charge on any atom is 0.226 e. The number of amides is 1. The van der Waals surface area contributed by atoms with E-state index in [2.05, 4.69) is 15.4 Å². The second-order valence-corrected chi connectivity index (χ2v) is 7.78. The number of anilines is 1. The van der Waals surface area contributed by atoms with Crippen molar-refractivity contribution in [2.45, 2.75) is 19.8 Å². The van der Waals surface area contributed by atoms with Crippen molar-refractivity contribution >= 4 is 28.4 Å². The minimum atomic E-state index is -0.416. The highest BCUT2D eigenvalue weighted by atomic mass is 16.5. The van der Waals surface area contributed by atoms with Gasteiger partial charge in [0.25, 0.3) is 0 Å². The Bertz CT molecular complexity index is 1450. The topological polar surface area (TPSA) is 119 Å². The van der Waals surface area contributed by atoms with Gasteiger partial charge in [0, 0.05) is 23.8 Å². The average molecular weight is 470 g/mol. The number of carbonyl (C=O) groups is 2. The number of pyridine rings is 1. The Morgan fingerprint density at radius 1 is 1.09 bits per heavy atom. The van der Waals surface area contributed by atoms with Gasteiger partial charge < -0.3 is 14.8 Å². The summed E-state index contributed by atoms with van der Waals surface area (Å²) in [4.78, 5) is 29.8. The van der Waals surface area contributed by atoms with Gasteiger partial charge in [-0.15, -0.1) is 0 Å². The van der Waals surface area contributed by atoms with Crippen LogP contribution in [-0.2, 0) is 4.79 Å². The molecule has 2 heterocycles. The van der Waals surface area contributed by atoms with Gasteiger partial charge in [-0.05, 0) is 48.9 Å². The molecule has 176 valence electrons. The normalized spacial score (nSPS) is 10.6. The number of Topliss-reactive ketones (excluding diaryl/α,β-unsaturated/α-hetero) is 1. The van der Waals surface area contributed by atoms with Gasteiger partial charge in [-0.3, -0.25) is 9.59 Å². The average Bonchev–Trinajstić information content (AvgIpc) is 3.29. The number of aromatic nitrogens is 3. The number of nitrogens with one attached hydrogen (secondary N) is 1. The SMILES string of the molecule is COc1ccc(C(=O)CCC(=O)Nc2c(C#N)cnn2-c2cc(C)c3cccc(OC)c3n2)cc1. The van der Waals surface area contributed by atoms with E-state index in [1.165, 1.54) is 10.9 Å². The Morgan fingerprint density at radius 3 is 2.54 bits per heavy atom. The van der Waals surface area contributed by atoms with Crippen molar-refractivity contribution in [1.82, 2.24) is 14.8 Å². The molecule has 0 saturated heterocycles. The van der Waals surface area contributed by atoms with Crippen molar-refractivity contribution in [2.75, 3.05) is 19.5 Å². The summed E-state index contributed by atoms with van der Waals surface area (Å²) in [6.07, 6.45) is 1.32. The molecule has 9 heteroatoms. The van der Waals surface area contributed by atoms with Crippen LogP contribution >= 0.6 is 0 Å². The molecular weight excluding hydrogens is 446 g/mol. The minimum absolute atomic E-state index is 0.0126. The van der Waals surface area contributed by atoms with Gasteiger partial charge in [0.15, 0.2) is 17.4 Å². The number of aryl methyl sites for hydroxylation is 1. The number of hydrogen-bond donors (Lipinski definition) is 1. The highest BCUT2D eigenvalue weighted by Gasteiger charge is 2.18. The maximum atomic E-state index is 12.7. The fraction of sp³-hybridized carbons (Fsp3) is 0.192. The summed E-state index contributed by atoms with van der Waals surface area (Å²) < 4.78 is 11.9. The van der Waals surface area contributed by atoms with E-state index in [9.17, 15) is 14.9 Å². The third-order valence-electron chi connectivity index (χ3n) is 5.57. The fourth-order valence-electron chi connectivity index (χ4n) is 3.71. The Hall–Kier alpha value is -4.71. The van der Waals surface area contributed by atoms with E-state index in [1.807, 2.05) is 37.3 Å². The number of fused-ring (bicyclic) bond motifs is 1. The van der Waals surface area contributed by atoms with Gasteiger partial charge in [0.1, 0.15) is 28.6 Å². The van der Waals surface area contributed by atoms with E-state index >= 15 is 0 Å². The number of benzene rings is 2. The first-order valence-corrected chi connectivity index (χ1v) is 10.8. The number of methoxy groups -OCH3 is 2. The lowest BCUT2D eigenvalue weighted by molar-refractivity contribution is -0.116. The molecule has 0 saturated carbocycles. The monoisotopic (exact) mass is 469 g/mol. The number of nitrogens with zero attached hydrogens (tertiary/aromatic N) is 4. The lowest BCUT2D eigenvalue weighted by Crippen LogP contribution is -2.17. The van der Waals surface area contributed by atoms with Gasteiger partial charge in [0.05, 0.1) is 20.4 Å². The number of ether oxygens (including phenoxy) is 2. The molecule has 0 atom stereocenters. The van der Waals surface area contributed by atoms with Crippen molar-refractivity contribution in [2.24, 2.45) is 0 Å². The highest BCUT2D eigenvalue weighted by molar-refractivity contribution is 6.00. The van der Waals surface area contributed by atoms with E-state index < -0.39 is 5.91 Å². The number of para-hydroxylation sites is 1. The molecule has 0 aliphatic rings. The molecule has 0 bridgehead atoms. The number of carbonyl (C=O) groups excluding carboxylic acids is 2. The smallest absolute Gasteiger partial charge is 0.226 e. The molecule has 0 fully saturated rings. The van der Waals surface area contributed by atoms with Crippen molar-refractivity contribution < 1.29 is 19.1 Å². The quantitative estimate of drug-likeness (QED) is 0.384. The number of hydrogen-bond acceptors (Lipinski definition) is 7. The van der Waals surface area contributed by atoms with Gasteiger partial charge >= 0.3 is 0 Å². The van der Waals surface area contributed by atoms with E-state index in [1.54, 1.807) is 38.5 Å². The van der Waals surface area contributed by atoms with Crippen molar-refractivity contribution in [3.63, 3.8) is 0 Å². The summed E-state index contributed by atoms with van der Waals surface area (Å²) in [7, 11) is 3.12. The first-order valence-electron chi connectivity index (χ1n) is 10.8. The second kappa shape index (κ2) is 10.1. The lowest BCUT2D eigenvalue weighted by Gasteiger charge is -2.12. The first kappa shape index (κ1) is 23.4. The van der Waals surface area contributed by atoms with Crippen LogP contribution in [0.15, 0.2) is 54.7 Å². The van der Waals surface area contributed by atoms with E-state index in [0.717, 1.165) is 10.9 Å². The molecule has 0 aliphatic carbocycles. The molecule has 0 radical (unpaired) electrons. The van der Waals surface area contributed by atoms with Crippen LogP contribution in [0.5, 0.6) is 11.5 Å². The minimum Gasteiger partial charge on any atom is -0.497 e. The standard InChI is InChI=1S/C26H23N5O4/c1-16-13-23(29-25-20(16)5-4-6-22(25)35-3)31-26(18(14-27)15-28-31)30-24(33)12-11-21(32)17-7-9-19(34-2)10-8-17/h4-10,13,15H,11-12H2,1-3H3,(H,30,33). The van der Waals surface area contributed by atoms with Crippen LogP contribution in [-0.4, -0.2) is 40.7 Å². The molecule has 35 heavy (non-hydrogen) atoms. The van der Waals surface area contributed by atoms with Crippen molar-refractivity contribution in [3.8, 4) is 23.4 Å². The van der Waals surface area contributed by atoms with E-state index in [-0.39, 0.29) is 30.0 Å². The van der Waals surface area contributed by atoms with Crippen LogP contribution in [0.3, 0.4) is 0 Å². The van der Waals surface area contributed by atoms with Gasteiger partial charge in [-0.25, -0.2) is 4.98 Å². The summed E-state index contributed by atoms with van der Waals surface area (Å²) in [5.74, 6) is 1.27. The molecule has 1 N–H and O–H groups in total. The number of rotatable bonds is 8. The van der Waals surface area contributed by atoms with Crippen molar-refractivity contribution in [3.05, 3.63) is 71.4 Å². The molecule has 0 unspecified atom stereocenters. The first-order chi connectivity index (χ1) is 16.9. The molecule has 0 spiro atoms. The highest BCUT2D eigenvalue weighted by Crippen LogP contribution is 2.29. The molecule has 4 aromatic rings. The molecule has 9 nitrogen and oxygen atoms in total. The number of nitriles is 1. The van der Waals surface area contributed by atoms with Gasteiger partial charge in [0.2, 0.25) is 5.91 Å². The zero-order valence-electron chi connectivity index (χ0n) is 19.5. The maximum absolute atomic E-state index is 12.7. The van der Waals surface area contributed by atoms with Crippen LogP contribution in [0, 0.1) is 18.3 Å². The zero-order valence-corrected chi connectivity index (χ0v) is 19.5. The Morgan fingerprint density at radius 2 is 1.86 bits per heavy atom. The Kier molecular flexibility index (Phi) is 6.73. The van der Waals surface area contributed by atoms with E-state index in [0.29, 0.717) is 28.4 Å². The van der Waals surface area contributed by atoms with Crippen LogP contribution in [0.1, 0.15) is 34.3 Å². The second-order valence-electron chi connectivity index (χ2n) is 7.78. The molecule has 0 aliphatic heterocycles. The van der Waals surface area contributed by atoms with E-state index in [4.69, 9.17) is 9.47 Å². The van der Waals surface area contributed by atoms with Gasteiger partial charge in [-0.2, -0.15) is 15.0 Å². The van der Waals surface area contributed by atoms with Crippen LogP contribution in [0.4, 0.5) is 5.82 Å². The molecule has 1 amide bonds. The molecule has 2 aromatic carbocycles. The summed E-state index contributed by atoms with van der Waals surface area (Å²) in [5.41, 5.74) is 2.24. The third kappa shape index (κ3) is 4.82. The summed E-state index contributed by atoms with van der Waals surface area (Å²) >= 11 is 0. The lowest BCUT2D eigenvalue weighted by atomic mass is 10.1. The summed E-state index contributed by atoms with van der Waals surface area (Å²) in [5, 5.41) is 17.5. The predicted octanol–water partition coefficient (Wildman–Crippen LogP) is 4.22. The van der Waals surface area contributed by atoms with Crippen molar-refractivity contribution in [1.29, 1.82) is 5.26 Å². The van der Waals surface area contributed by atoms with Crippen LogP contribution in [0.2, 0.25) is 0 Å². The summed E-state index contributed by atoms with van der Waals surface area (Å²) in [6.45, 7) is 1.94. The fourth-order valence-corrected chi connectivity index (χ4v) is 3.71. The van der Waals surface area contributed by atoms with Crippen LogP contribution < -0.4 is 14.8 Å². The largest absolute Gasteiger partial charge is 0.497 e.